The first kappa shape index (κ1) is 20.7. The number of primary amides is 1. The van der Waals surface area contributed by atoms with E-state index in [-0.39, 0.29) is 12.8 Å². The van der Waals surface area contributed by atoms with Crippen LogP contribution in [0.4, 0.5) is 11.4 Å². The molecular weight excluding hydrogens is 440 g/mol. The van der Waals surface area contributed by atoms with E-state index < -0.39 is 47.0 Å². The number of ether oxygens (including phenoxy) is 2. The molecule has 2 aromatic carbocycles. The van der Waals surface area contributed by atoms with Crippen molar-refractivity contribution in [1.29, 1.82) is 0 Å². The topological polar surface area (TPSA) is 140 Å². The Kier molecular flexibility index (Phi) is 4.43. The number of carbonyl (C=O) groups excluding carboxylic acids is 4. The summed E-state index contributed by atoms with van der Waals surface area (Å²) in [5, 5.41) is 6.13. The number of benzene rings is 2. The molecule has 10 nitrogen and oxygen atoms in total. The molecule has 4 aliphatic rings. The fourth-order valence-electron chi connectivity index (χ4n) is 5.73. The molecule has 4 N–H and O–H groups in total. The van der Waals surface area contributed by atoms with E-state index in [2.05, 4.69) is 10.6 Å². The smallest absolute Gasteiger partial charge is 0.250 e. The highest BCUT2D eigenvalue weighted by molar-refractivity contribution is 6.25. The molecule has 4 amide bonds. The summed E-state index contributed by atoms with van der Waals surface area (Å²) in [6.45, 7) is 0.783. The Labute approximate surface area is 194 Å². The second-order valence-corrected chi connectivity index (χ2v) is 8.91. The van der Waals surface area contributed by atoms with E-state index in [1.807, 2.05) is 0 Å². The van der Waals surface area contributed by atoms with Gasteiger partial charge in [-0.1, -0.05) is 18.2 Å². The minimum Gasteiger partial charge on any atom is -0.486 e. The number of nitrogens with zero attached hydrogens (tertiary/aromatic N) is 1. The number of rotatable bonds is 4. The van der Waals surface area contributed by atoms with Gasteiger partial charge in [0.05, 0.1) is 17.5 Å². The molecule has 4 atom stereocenters. The molecule has 0 aliphatic carbocycles. The highest BCUT2D eigenvalue weighted by Crippen LogP contribution is 2.54. The van der Waals surface area contributed by atoms with Gasteiger partial charge in [-0.3, -0.25) is 24.5 Å². The zero-order valence-corrected chi connectivity index (χ0v) is 18.1. The number of carbonyl (C=O) groups is 4. The van der Waals surface area contributed by atoms with Crippen molar-refractivity contribution in [1.82, 2.24) is 5.32 Å². The highest BCUT2D eigenvalue weighted by Gasteiger charge is 2.70. The van der Waals surface area contributed by atoms with Gasteiger partial charge in [-0.05, 0) is 24.6 Å². The van der Waals surface area contributed by atoms with Crippen LogP contribution in [0.3, 0.4) is 0 Å². The standard InChI is InChI=1S/C24H22N4O6/c25-18(29)8-6-15-19-20(24(27-15)13-3-1-2-4-14(13)26-23(24)32)22(31)28(21(19)30)12-5-7-16-17(11-12)34-10-9-33-16/h1-5,7,11,15,19-20,27H,6,8-10H2,(H2,25,29)(H,26,32). The van der Waals surface area contributed by atoms with Crippen molar-refractivity contribution < 1.29 is 28.7 Å². The van der Waals surface area contributed by atoms with Crippen LogP contribution in [0.5, 0.6) is 11.5 Å². The molecule has 0 radical (unpaired) electrons. The lowest BCUT2D eigenvalue weighted by Gasteiger charge is -2.29. The molecule has 4 heterocycles. The van der Waals surface area contributed by atoms with Crippen molar-refractivity contribution in [2.75, 3.05) is 23.4 Å². The molecule has 174 valence electrons. The summed E-state index contributed by atoms with van der Waals surface area (Å²) in [5.41, 5.74) is 5.50. The van der Waals surface area contributed by atoms with Crippen LogP contribution in [0.25, 0.3) is 0 Å². The van der Waals surface area contributed by atoms with Gasteiger partial charge in [0.25, 0.3) is 0 Å². The van der Waals surface area contributed by atoms with E-state index in [1.54, 1.807) is 42.5 Å². The summed E-state index contributed by atoms with van der Waals surface area (Å²) >= 11 is 0. The van der Waals surface area contributed by atoms with E-state index in [4.69, 9.17) is 15.2 Å². The Balaban J connectivity index is 1.46. The fourth-order valence-corrected chi connectivity index (χ4v) is 5.73. The average molecular weight is 462 g/mol. The van der Waals surface area contributed by atoms with E-state index >= 15 is 0 Å². The van der Waals surface area contributed by atoms with E-state index in [0.717, 1.165) is 4.90 Å². The third-order valence-electron chi connectivity index (χ3n) is 7.11. The van der Waals surface area contributed by atoms with Crippen LogP contribution in [0, 0.1) is 11.8 Å². The Hall–Kier alpha value is -3.92. The van der Waals surface area contributed by atoms with Crippen LogP contribution in [0.1, 0.15) is 18.4 Å². The second-order valence-electron chi connectivity index (χ2n) is 8.91. The van der Waals surface area contributed by atoms with Crippen LogP contribution < -0.4 is 30.7 Å². The predicted molar refractivity (Wildman–Crippen MR) is 119 cm³/mol. The summed E-state index contributed by atoms with van der Waals surface area (Å²) in [6.07, 6.45) is 0.243. The number of hydrogen-bond acceptors (Lipinski definition) is 7. The van der Waals surface area contributed by atoms with Crippen molar-refractivity contribution in [3.63, 3.8) is 0 Å². The number of anilines is 2. The molecule has 34 heavy (non-hydrogen) atoms. The first-order valence-electron chi connectivity index (χ1n) is 11.2. The van der Waals surface area contributed by atoms with Gasteiger partial charge in [0.2, 0.25) is 23.6 Å². The third kappa shape index (κ3) is 2.72. The molecule has 6 rings (SSSR count). The number of nitrogens with one attached hydrogen (secondary N) is 2. The van der Waals surface area contributed by atoms with Crippen molar-refractivity contribution >= 4 is 35.0 Å². The molecule has 0 saturated carbocycles. The van der Waals surface area contributed by atoms with Crippen molar-refractivity contribution in [2.24, 2.45) is 17.6 Å². The molecule has 2 saturated heterocycles. The predicted octanol–water partition coefficient (Wildman–Crippen LogP) is 0.648. The Bertz CT molecular complexity index is 1260. The van der Waals surface area contributed by atoms with E-state index in [1.165, 1.54) is 0 Å². The number of para-hydroxylation sites is 1. The van der Waals surface area contributed by atoms with Gasteiger partial charge < -0.3 is 20.5 Å². The number of fused-ring (bicyclic) bond motifs is 5. The summed E-state index contributed by atoms with van der Waals surface area (Å²) in [6, 6.07) is 11.4. The minimum absolute atomic E-state index is 0.0196. The zero-order valence-electron chi connectivity index (χ0n) is 18.1. The average Bonchev–Trinajstić information content (AvgIpc) is 3.42. The third-order valence-corrected chi connectivity index (χ3v) is 7.11. The monoisotopic (exact) mass is 462 g/mol. The SMILES string of the molecule is NC(=O)CCC1NC2(C(=O)Nc3ccccc32)C2C(=O)N(c3ccc4c(c3)OCCO4)C(=O)C12. The maximum Gasteiger partial charge on any atom is 0.250 e. The van der Waals surface area contributed by atoms with Crippen molar-refractivity contribution in [3.8, 4) is 11.5 Å². The van der Waals surface area contributed by atoms with E-state index in [0.29, 0.717) is 41.7 Å². The number of amides is 4. The van der Waals surface area contributed by atoms with Gasteiger partial charge >= 0.3 is 0 Å². The lowest BCUT2D eigenvalue weighted by molar-refractivity contribution is -0.130. The van der Waals surface area contributed by atoms with Crippen LogP contribution in [-0.2, 0) is 24.7 Å². The Morgan fingerprint density at radius 3 is 2.62 bits per heavy atom. The zero-order chi connectivity index (χ0) is 23.6. The van der Waals surface area contributed by atoms with Gasteiger partial charge in [-0.2, -0.15) is 0 Å². The molecule has 10 heteroatoms. The molecule has 4 unspecified atom stereocenters. The number of imide groups is 1. The summed E-state index contributed by atoms with van der Waals surface area (Å²) in [5.74, 6) is -2.65. The fraction of sp³-hybridized carbons (Fsp3) is 0.333. The van der Waals surface area contributed by atoms with Gasteiger partial charge in [0, 0.05) is 29.8 Å². The maximum atomic E-state index is 13.9. The minimum atomic E-state index is -1.42. The normalized spacial score (nSPS) is 28.8. The van der Waals surface area contributed by atoms with Gasteiger partial charge in [0.15, 0.2) is 11.5 Å². The molecule has 2 fully saturated rings. The lowest BCUT2D eigenvalue weighted by Crippen LogP contribution is -2.53. The molecule has 0 bridgehead atoms. The van der Waals surface area contributed by atoms with Gasteiger partial charge in [0.1, 0.15) is 18.8 Å². The largest absolute Gasteiger partial charge is 0.486 e. The first-order valence-corrected chi connectivity index (χ1v) is 11.2. The lowest BCUT2D eigenvalue weighted by atomic mass is 9.76. The highest BCUT2D eigenvalue weighted by atomic mass is 16.6. The molecule has 4 aliphatic heterocycles. The van der Waals surface area contributed by atoms with Gasteiger partial charge in [-0.15, -0.1) is 0 Å². The number of hydrogen-bond donors (Lipinski definition) is 3. The molecule has 1 spiro atoms. The quantitative estimate of drug-likeness (QED) is 0.567. The number of nitrogens with two attached hydrogens (primary N) is 1. The van der Waals surface area contributed by atoms with Crippen LogP contribution in [0.15, 0.2) is 42.5 Å². The molecule has 2 aromatic rings. The Morgan fingerprint density at radius 2 is 1.82 bits per heavy atom. The Morgan fingerprint density at radius 1 is 1.06 bits per heavy atom. The molecular formula is C24H22N4O6. The summed E-state index contributed by atoms with van der Waals surface area (Å²) < 4.78 is 11.2. The maximum absolute atomic E-state index is 13.9. The first-order chi connectivity index (χ1) is 16.4. The van der Waals surface area contributed by atoms with E-state index in [9.17, 15) is 19.2 Å². The van der Waals surface area contributed by atoms with Gasteiger partial charge in [-0.25, -0.2) is 4.90 Å². The van der Waals surface area contributed by atoms with Crippen molar-refractivity contribution in [3.05, 3.63) is 48.0 Å². The summed E-state index contributed by atoms with van der Waals surface area (Å²) in [7, 11) is 0. The van der Waals surface area contributed by atoms with Crippen LogP contribution >= 0.6 is 0 Å². The van der Waals surface area contributed by atoms with Crippen molar-refractivity contribution in [2.45, 2.75) is 24.4 Å². The van der Waals surface area contributed by atoms with Crippen LogP contribution in [0.2, 0.25) is 0 Å². The molecule has 0 aromatic heterocycles. The van der Waals surface area contributed by atoms with Crippen LogP contribution in [-0.4, -0.2) is 42.9 Å². The summed E-state index contributed by atoms with van der Waals surface area (Å²) in [4.78, 5) is 53.6. The second kappa shape index (κ2) is 7.29.